The van der Waals surface area contributed by atoms with E-state index in [0.717, 1.165) is 30.7 Å². The predicted octanol–water partition coefficient (Wildman–Crippen LogP) is 4.70. The molecule has 0 saturated carbocycles. The summed E-state index contributed by atoms with van der Waals surface area (Å²) in [5.41, 5.74) is 2.29. The average Bonchev–Trinajstić information content (AvgIpc) is 2.80. The molecule has 1 aromatic carbocycles. The van der Waals surface area contributed by atoms with Crippen LogP contribution in [0.1, 0.15) is 44.9 Å². The third-order valence-electron chi connectivity index (χ3n) is 3.89. The van der Waals surface area contributed by atoms with Crippen LogP contribution in [0.25, 0.3) is 11.0 Å². The fourth-order valence-corrected chi connectivity index (χ4v) is 2.64. The second kappa shape index (κ2) is 6.94. The van der Waals surface area contributed by atoms with Gasteiger partial charge >= 0.3 is 0 Å². The zero-order valence-electron chi connectivity index (χ0n) is 13.2. The molecule has 2 rings (SSSR count). The van der Waals surface area contributed by atoms with E-state index in [1.807, 2.05) is 0 Å². The first-order chi connectivity index (χ1) is 9.60. The summed E-state index contributed by atoms with van der Waals surface area (Å²) >= 11 is 0. The van der Waals surface area contributed by atoms with Crippen LogP contribution < -0.4 is 5.32 Å². The van der Waals surface area contributed by atoms with Gasteiger partial charge in [0.05, 0.1) is 0 Å². The van der Waals surface area contributed by atoms with E-state index in [2.05, 4.69) is 57.3 Å². The Hall–Kier alpha value is -1.28. The average molecular weight is 273 g/mol. The highest BCUT2D eigenvalue weighted by molar-refractivity contribution is 5.78. The minimum absolute atomic E-state index is 0.574. The number of furan rings is 1. The molecule has 1 heterocycles. The summed E-state index contributed by atoms with van der Waals surface area (Å²) in [5, 5.41) is 4.86. The molecule has 0 aliphatic carbocycles. The zero-order valence-corrected chi connectivity index (χ0v) is 13.2. The van der Waals surface area contributed by atoms with Crippen LogP contribution in [0.3, 0.4) is 0 Å². The summed E-state index contributed by atoms with van der Waals surface area (Å²) in [6.07, 6.45) is 3.33. The van der Waals surface area contributed by atoms with Crippen LogP contribution in [-0.4, -0.2) is 12.6 Å². The van der Waals surface area contributed by atoms with Crippen LogP contribution in [0.15, 0.2) is 28.7 Å². The monoisotopic (exact) mass is 273 g/mol. The Labute approximate surface area is 122 Å². The van der Waals surface area contributed by atoms with E-state index in [-0.39, 0.29) is 0 Å². The third kappa shape index (κ3) is 3.86. The molecular formula is C18H27NO. The van der Waals surface area contributed by atoms with Crippen molar-refractivity contribution < 1.29 is 4.42 Å². The number of fused-ring (bicyclic) bond motifs is 1. The van der Waals surface area contributed by atoms with E-state index in [1.165, 1.54) is 17.4 Å². The first-order valence-electron chi connectivity index (χ1n) is 7.82. The second-order valence-electron chi connectivity index (χ2n) is 6.10. The number of benzene rings is 1. The summed E-state index contributed by atoms with van der Waals surface area (Å²) in [7, 11) is 0. The van der Waals surface area contributed by atoms with Crippen molar-refractivity contribution in [3.63, 3.8) is 0 Å². The van der Waals surface area contributed by atoms with Gasteiger partial charge in [0, 0.05) is 17.8 Å². The molecule has 110 valence electrons. The fourth-order valence-electron chi connectivity index (χ4n) is 2.64. The molecule has 20 heavy (non-hydrogen) atoms. The topological polar surface area (TPSA) is 25.2 Å². The van der Waals surface area contributed by atoms with E-state index < -0.39 is 0 Å². The Morgan fingerprint density at radius 3 is 2.70 bits per heavy atom. The molecule has 2 heteroatoms. The van der Waals surface area contributed by atoms with Gasteiger partial charge in [-0.1, -0.05) is 32.4 Å². The van der Waals surface area contributed by atoms with Crippen molar-refractivity contribution in [3.8, 4) is 0 Å². The molecule has 2 aromatic rings. The van der Waals surface area contributed by atoms with Crippen LogP contribution in [0, 0.1) is 12.8 Å². The molecule has 1 unspecified atom stereocenters. The van der Waals surface area contributed by atoms with Gasteiger partial charge in [-0.05, 0) is 50.4 Å². The lowest BCUT2D eigenvalue weighted by Crippen LogP contribution is -2.34. The normalized spacial score (nSPS) is 13.2. The SMILES string of the molecule is CCCNC(CCc1cc2cc(C)ccc2o1)C(C)C. The van der Waals surface area contributed by atoms with Crippen LogP contribution in [0.4, 0.5) is 0 Å². The van der Waals surface area contributed by atoms with Crippen molar-refractivity contribution >= 4 is 11.0 Å². The minimum Gasteiger partial charge on any atom is -0.461 e. The summed E-state index contributed by atoms with van der Waals surface area (Å²) < 4.78 is 5.93. The highest BCUT2D eigenvalue weighted by Crippen LogP contribution is 2.22. The van der Waals surface area contributed by atoms with Gasteiger partial charge in [-0.15, -0.1) is 0 Å². The van der Waals surface area contributed by atoms with Crippen LogP contribution in [0.5, 0.6) is 0 Å². The van der Waals surface area contributed by atoms with Gasteiger partial charge in [-0.2, -0.15) is 0 Å². The highest BCUT2D eigenvalue weighted by Gasteiger charge is 2.13. The van der Waals surface area contributed by atoms with Gasteiger partial charge in [0.25, 0.3) is 0 Å². The molecule has 0 saturated heterocycles. The maximum atomic E-state index is 5.93. The van der Waals surface area contributed by atoms with E-state index in [0.29, 0.717) is 12.0 Å². The Morgan fingerprint density at radius 1 is 1.20 bits per heavy atom. The molecule has 0 bridgehead atoms. The Morgan fingerprint density at radius 2 is 2.00 bits per heavy atom. The van der Waals surface area contributed by atoms with Crippen LogP contribution in [-0.2, 0) is 6.42 Å². The Bertz CT molecular complexity index is 541. The van der Waals surface area contributed by atoms with Crippen molar-refractivity contribution in [2.24, 2.45) is 5.92 Å². The fraction of sp³-hybridized carbons (Fsp3) is 0.556. The summed E-state index contributed by atoms with van der Waals surface area (Å²) in [6, 6.07) is 9.14. The summed E-state index contributed by atoms with van der Waals surface area (Å²) in [4.78, 5) is 0. The quantitative estimate of drug-likeness (QED) is 0.791. The lowest BCUT2D eigenvalue weighted by Gasteiger charge is -2.21. The molecule has 0 radical (unpaired) electrons. The maximum Gasteiger partial charge on any atom is 0.134 e. The second-order valence-corrected chi connectivity index (χ2v) is 6.10. The molecular weight excluding hydrogens is 246 g/mol. The van der Waals surface area contributed by atoms with Crippen molar-refractivity contribution in [1.29, 1.82) is 0 Å². The standard InChI is InChI=1S/C18H27NO/c1-5-10-19-17(13(2)3)8-7-16-12-15-11-14(4)6-9-18(15)20-16/h6,9,11-13,17,19H,5,7-8,10H2,1-4H3. The minimum atomic E-state index is 0.574. The number of rotatable bonds is 7. The smallest absolute Gasteiger partial charge is 0.134 e. The van der Waals surface area contributed by atoms with E-state index >= 15 is 0 Å². The van der Waals surface area contributed by atoms with Crippen LogP contribution in [0.2, 0.25) is 0 Å². The van der Waals surface area contributed by atoms with Gasteiger partial charge in [0.2, 0.25) is 0 Å². The van der Waals surface area contributed by atoms with Gasteiger partial charge in [-0.3, -0.25) is 0 Å². The summed E-state index contributed by atoms with van der Waals surface area (Å²) in [5.74, 6) is 1.77. The maximum absolute atomic E-state index is 5.93. The Kier molecular flexibility index (Phi) is 5.24. The number of hydrogen-bond donors (Lipinski definition) is 1. The summed E-state index contributed by atoms with van der Waals surface area (Å²) in [6.45, 7) is 10.0. The molecule has 1 atom stereocenters. The Balaban J connectivity index is 2.00. The lowest BCUT2D eigenvalue weighted by atomic mass is 9.98. The van der Waals surface area contributed by atoms with E-state index in [4.69, 9.17) is 4.42 Å². The van der Waals surface area contributed by atoms with Crippen molar-refractivity contribution in [2.45, 2.75) is 53.0 Å². The molecule has 2 nitrogen and oxygen atoms in total. The zero-order chi connectivity index (χ0) is 14.5. The van der Waals surface area contributed by atoms with Gasteiger partial charge < -0.3 is 9.73 Å². The number of nitrogens with one attached hydrogen (secondary N) is 1. The number of aryl methyl sites for hydroxylation is 2. The van der Waals surface area contributed by atoms with Crippen molar-refractivity contribution in [2.75, 3.05) is 6.54 Å². The van der Waals surface area contributed by atoms with Gasteiger partial charge in [0.1, 0.15) is 11.3 Å². The van der Waals surface area contributed by atoms with E-state index in [1.54, 1.807) is 0 Å². The van der Waals surface area contributed by atoms with Gasteiger partial charge in [0.15, 0.2) is 0 Å². The lowest BCUT2D eigenvalue weighted by molar-refractivity contribution is 0.368. The molecule has 1 N–H and O–H groups in total. The van der Waals surface area contributed by atoms with Crippen LogP contribution >= 0.6 is 0 Å². The molecule has 0 aliphatic rings. The molecule has 0 spiro atoms. The van der Waals surface area contributed by atoms with Crippen molar-refractivity contribution in [3.05, 3.63) is 35.6 Å². The molecule has 0 aliphatic heterocycles. The number of hydrogen-bond acceptors (Lipinski definition) is 2. The van der Waals surface area contributed by atoms with Crippen molar-refractivity contribution in [1.82, 2.24) is 5.32 Å². The predicted molar refractivity (Wildman–Crippen MR) is 86.2 cm³/mol. The largest absolute Gasteiger partial charge is 0.461 e. The molecule has 0 amide bonds. The first kappa shape index (κ1) is 15.1. The highest BCUT2D eigenvalue weighted by atomic mass is 16.3. The van der Waals surface area contributed by atoms with Gasteiger partial charge in [-0.25, -0.2) is 0 Å². The molecule has 1 aromatic heterocycles. The third-order valence-corrected chi connectivity index (χ3v) is 3.89. The first-order valence-corrected chi connectivity index (χ1v) is 7.82. The van der Waals surface area contributed by atoms with E-state index in [9.17, 15) is 0 Å². The molecule has 0 fully saturated rings.